The van der Waals surface area contributed by atoms with Crippen LogP contribution in [0.4, 0.5) is 0 Å². The number of hydrogen-bond acceptors (Lipinski definition) is 7. The van der Waals surface area contributed by atoms with Crippen molar-refractivity contribution in [1.29, 1.82) is 0 Å². The Morgan fingerprint density at radius 2 is 1.22 bits per heavy atom. The molecule has 41 heavy (non-hydrogen) atoms. The average Bonchev–Trinajstić information content (AvgIpc) is 2.97. The van der Waals surface area contributed by atoms with E-state index in [1.807, 2.05) is 24.3 Å². The first-order chi connectivity index (χ1) is 19.9. The predicted molar refractivity (Wildman–Crippen MR) is 172 cm³/mol. The van der Waals surface area contributed by atoms with Crippen LogP contribution in [0, 0.1) is 0 Å². The van der Waals surface area contributed by atoms with E-state index in [9.17, 15) is 9.59 Å². The number of nitrogens with two attached hydrogens (primary N) is 1. The summed E-state index contributed by atoms with van der Waals surface area (Å²) < 4.78 is 10.7. The molecule has 1 amide bonds. The number of hydrogen-bond donors (Lipinski definition) is 5. The molecule has 0 spiro atoms. The summed E-state index contributed by atoms with van der Waals surface area (Å²) in [7, 11) is 0.440. The Morgan fingerprint density at radius 3 is 1.61 bits per heavy atom. The molecule has 0 aliphatic heterocycles. The van der Waals surface area contributed by atoms with E-state index in [4.69, 9.17) is 30.5 Å². The quantitative estimate of drug-likeness (QED) is 0.120. The van der Waals surface area contributed by atoms with Crippen molar-refractivity contribution in [2.45, 2.75) is 63.7 Å². The Morgan fingerprint density at radius 1 is 0.756 bits per heavy atom. The Hall–Kier alpha value is -2.71. The normalized spacial score (nSPS) is 10.6. The second-order valence-corrected chi connectivity index (χ2v) is 12.9. The number of carbonyl (C=O) groups excluding carboxylic acids is 1. The smallest absolute Gasteiger partial charge is 0.307 e. The number of aliphatic hydroxyl groups is 2. The molecule has 0 aliphatic rings. The number of aliphatic carboxylic acids is 1. The molecule has 0 heterocycles. The molecule has 0 unspecified atom stereocenters. The molecule has 0 aromatic heterocycles. The van der Waals surface area contributed by atoms with Gasteiger partial charge in [0.2, 0.25) is 5.91 Å². The summed E-state index contributed by atoms with van der Waals surface area (Å²) in [5.74, 6) is 0.703. The van der Waals surface area contributed by atoms with Crippen LogP contribution in [0.3, 0.4) is 0 Å². The fraction of sp³-hybridized carbons (Fsp3) is 0.533. The SMILES string of the molecule is C[SiH2]CCCN.C[SiH2]CCCNC(=O)Cc1ccc(OCCCO)cc1.O=C(O)Cc1ccc(OCCCO)cc1. The van der Waals surface area contributed by atoms with Gasteiger partial charge >= 0.3 is 5.97 Å². The first-order valence-electron chi connectivity index (χ1n) is 14.7. The number of rotatable bonds is 19. The second-order valence-electron chi connectivity index (χ2n) is 9.44. The predicted octanol–water partition coefficient (Wildman–Crippen LogP) is 2.18. The lowest BCUT2D eigenvalue weighted by Crippen LogP contribution is -2.26. The van der Waals surface area contributed by atoms with E-state index in [-0.39, 0.29) is 35.1 Å². The number of nitrogens with one attached hydrogen (secondary N) is 1. The Kier molecular flexibility index (Phi) is 25.7. The van der Waals surface area contributed by atoms with Crippen molar-refractivity contribution >= 4 is 30.9 Å². The summed E-state index contributed by atoms with van der Waals surface area (Å²) in [6.45, 7) is 7.51. The van der Waals surface area contributed by atoms with Crippen molar-refractivity contribution in [2.24, 2.45) is 5.73 Å². The molecule has 0 fully saturated rings. The van der Waals surface area contributed by atoms with Crippen molar-refractivity contribution in [2.75, 3.05) is 39.5 Å². The van der Waals surface area contributed by atoms with Gasteiger partial charge in [-0.2, -0.15) is 0 Å². The van der Waals surface area contributed by atoms with Crippen LogP contribution in [0.15, 0.2) is 48.5 Å². The third-order valence-electron chi connectivity index (χ3n) is 5.62. The molecule has 2 aromatic rings. The lowest BCUT2D eigenvalue weighted by Gasteiger charge is -2.07. The minimum atomic E-state index is -0.844. The van der Waals surface area contributed by atoms with E-state index in [1.165, 1.54) is 18.5 Å². The van der Waals surface area contributed by atoms with Gasteiger partial charge in [-0.05, 0) is 54.8 Å². The topological polar surface area (TPSA) is 151 Å². The van der Waals surface area contributed by atoms with Crippen molar-refractivity contribution in [3.63, 3.8) is 0 Å². The number of carbonyl (C=O) groups is 2. The molecule has 0 atom stereocenters. The highest BCUT2D eigenvalue weighted by atomic mass is 28.2. The number of carboxylic acids is 1. The summed E-state index contributed by atoms with van der Waals surface area (Å²) in [4.78, 5) is 22.1. The van der Waals surface area contributed by atoms with Gasteiger partial charge < -0.3 is 35.8 Å². The third-order valence-corrected chi connectivity index (χ3v) is 8.03. The van der Waals surface area contributed by atoms with Gasteiger partial charge in [-0.1, -0.05) is 49.4 Å². The number of benzene rings is 2. The van der Waals surface area contributed by atoms with Gasteiger partial charge in [0.1, 0.15) is 11.5 Å². The molecule has 11 heteroatoms. The van der Waals surface area contributed by atoms with Crippen molar-refractivity contribution < 1.29 is 34.4 Å². The van der Waals surface area contributed by atoms with Gasteiger partial charge in [-0.3, -0.25) is 9.59 Å². The first-order valence-corrected chi connectivity index (χ1v) is 19.6. The van der Waals surface area contributed by atoms with Crippen LogP contribution in [0.2, 0.25) is 25.2 Å². The monoisotopic (exact) mass is 608 g/mol. The fourth-order valence-corrected chi connectivity index (χ4v) is 4.87. The third kappa shape index (κ3) is 23.7. The van der Waals surface area contributed by atoms with Gasteiger partial charge in [-0.25, -0.2) is 0 Å². The number of ether oxygens (including phenoxy) is 2. The zero-order chi connectivity index (χ0) is 30.6. The van der Waals surface area contributed by atoms with E-state index in [2.05, 4.69) is 18.4 Å². The van der Waals surface area contributed by atoms with Crippen LogP contribution in [-0.2, 0) is 22.4 Å². The summed E-state index contributed by atoms with van der Waals surface area (Å²) in [6, 6.07) is 17.2. The average molecular weight is 609 g/mol. The largest absolute Gasteiger partial charge is 0.494 e. The van der Waals surface area contributed by atoms with Crippen LogP contribution >= 0.6 is 0 Å². The molecule has 2 aromatic carbocycles. The van der Waals surface area contributed by atoms with E-state index >= 15 is 0 Å². The lowest BCUT2D eigenvalue weighted by molar-refractivity contribution is -0.136. The zero-order valence-corrected chi connectivity index (χ0v) is 27.8. The molecular weight excluding hydrogens is 557 g/mol. The standard InChI is InChI=1S/C15H25NO3Si.C11H14O4.C4H13NSi/c1-20-11-2-8-16-15(18)12-13-4-6-14(7-5-13)19-10-3-9-17;12-6-1-7-15-10-4-2-9(3-5-10)8-11(13)14;1-6-4-2-3-5/h4-7,17H,2-3,8-12,20H2,1H3,(H,16,18);2-5,12H,1,6-8H2,(H,13,14);2-6H2,1H3. The van der Waals surface area contributed by atoms with Crippen LogP contribution in [-0.4, -0.2) is 85.8 Å². The highest BCUT2D eigenvalue weighted by molar-refractivity contribution is 6.33. The van der Waals surface area contributed by atoms with E-state index < -0.39 is 5.97 Å². The molecule has 0 saturated carbocycles. The van der Waals surface area contributed by atoms with E-state index in [1.54, 1.807) is 24.3 Å². The summed E-state index contributed by atoms with van der Waals surface area (Å²) in [5, 5.41) is 28.7. The van der Waals surface area contributed by atoms with Crippen LogP contribution < -0.4 is 20.5 Å². The maximum Gasteiger partial charge on any atom is 0.307 e. The number of aliphatic hydroxyl groups excluding tert-OH is 2. The Bertz CT molecular complexity index is 897. The summed E-state index contributed by atoms with van der Waals surface area (Å²) in [5.41, 5.74) is 6.97. The Labute approximate surface area is 250 Å². The minimum absolute atomic E-state index is 0.0247. The highest BCUT2D eigenvalue weighted by Crippen LogP contribution is 2.13. The van der Waals surface area contributed by atoms with Gasteiger partial charge in [0.15, 0.2) is 0 Å². The van der Waals surface area contributed by atoms with Crippen molar-refractivity contribution in [1.82, 2.24) is 5.32 Å². The summed E-state index contributed by atoms with van der Waals surface area (Å²) in [6.07, 6.45) is 4.02. The molecule has 9 nitrogen and oxygen atoms in total. The maximum absolute atomic E-state index is 11.7. The zero-order valence-electron chi connectivity index (χ0n) is 25.0. The summed E-state index contributed by atoms with van der Waals surface area (Å²) >= 11 is 0. The van der Waals surface area contributed by atoms with E-state index in [0.717, 1.165) is 36.4 Å². The molecule has 6 N–H and O–H groups in total. The van der Waals surface area contributed by atoms with Crippen LogP contribution in [0.25, 0.3) is 0 Å². The van der Waals surface area contributed by atoms with Crippen molar-refractivity contribution in [3.05, 3.63) is 59.7 Å². The highest BCUT2D eigenvalue weighted by Gasteiger charge is 2.03. The molecule has 0 radical (unpaired) electrons. The maximum atomic E-state index is 11.7. The minimum Gasteiger partial charge on any atom is -0.494 e. The lowest BCUT2D eigenvalue weighted by atomic mass is 10.1. The molecule has 0 aliphatic carbocycles. The van der Waals surface area contributed by atoms with Gasteiger partial charge in [-0.15, -0.1) is 0 Å². The van der Waals surface area contributed by atoms with E-state index in [0.29, 0.717) is 47.7 Å². The number of amides is 1. The molecule has 0 saturated heterocycles. The van der Waals surface area contributed by atoms with Crippen LogP contribution in [0.5, 0.6) is 11.5 Å². The fourth-order valence-electron chi connectivity index (χ4n) is 3.34. The Balaban J connectivity index is 0.000000669. The van der Waals surface area contributed by atoms with Gasteiger partial charge in [0.05, 0.1) is 26.1 Å². The molecule has 2 rings (SSSR count). The number of carboxylic acid groups (broad SMARTS) is 1. The van der Waals surface area contributed by atoms with Crippen LogP contribution in [0.1, 0.15) is 36.8 Å². The first kappa shape index (κ1) is 38.3. The van der Waals surface area contributed by atoms with Gasteiger partial charge in [0, 0.05) is 51.6 Å². The van der Waals surface area contributed by atoms with Crippen molar-refractivity contribution in [3.8, 4) is 11.5 Å². The molecule has 232 valence electrons. The second kappa shape index (κ2) is 27.5. The molecular formula is C30H52N2O7Si2. The van der Waals surface area contributed by atoms with Gasteiger partial charge in [0.25, 0.3) is 0 Å². The molecule has 0 bridgehead atoms.